The van der Waals surface area contributed by atoms with Crippen molar-refractivity contribution in [3.8, 4) is 5.75 Å². The van der Waals surface area contributed by atoms with Crippen molar-refractivity contribution in [2.24, 2.45) is 0 Å². The third-order valence-corrected chi connectivity index (χ3v) is 6.16. The average molecular weight is 398 g/mol. The summed E-state index contributed by atoms with van der Waals surface area (Å²) < 4.78 is 28.0. The summed E-state index contributed by atoms with van der Waals surface area (Å²) in [5.41, 5.74) is 0.336. The molecule has 4 aromatic rings. The number of aromatic amines is 1. The fraction of sp³-hybridized carbons (Fsp3) is 0. The topological polar surface area (TPSA) is 108 Å². The van der Waals surface area contributed by atoms with Crippen LogP contribution in [0.25, 0.3) is 10.8 Å². The summed E-state index contributed by atoms with van der Waals surface area (Å²) in [6.07, 6.45) is 1.35. The first kappa shape index (κ1) is 17.4. The summed E-state index contributed by atoms with van der Waals surface area (Å²) in [5, 5.41) is 18.7. The lowest BCUT2D eigenvalue weighted by Gasteiger charge is -2.11. The van der Waals surface area contributed by atoms with Gasteiger partial charge in [-0.05, 0) is 52.9 Å². The Kier molecular flexibility index (Phi) is 4.46. The van der Waals surface area contributed by atoms with E-state index in [1.807, 2.05) is 24.3 Å². The number of benzene rings is 3. The molecule has 1 aromatic heterocycles. The van der Waals surface area contributed by atoms with Crippen LogP contribution in [-0.2, 0) is 10.0 Å². The molecule has 0 radical (unpaired) electrons. The van der Waals surface area contributed by atoms with Crippen LogP contribution in [0.5, 0.6) is 5.75 Å². The van der Waals surface area contributed by atoms with Crippen LogP contribution >= 0.6 is 11.8 Å². The number of nitrogens with zero attached hydrogens (tertiary/aromatic N) is 2. The molecule has 0 aliphatic carbocycles. The van der Waals surface area contributed by atoms with Crippen LogP contribution in [0.3, 0.4) is 0 Å². The molecule has 9 heteroatoms. The van der Waals surface area contributed by atoms with Gasteiger partial charge in [-0.2, -0.15) is 5.10 Å². The zero-order valence-corrected chi connectivity index (χ0v) is 15.5. The molecule has 136 valence electrons. The van der Waals surface area contributed by atoms with Crippen molar-refractivity contribution >= 4 is 38.2 Å². The number of sulfonamides is 1. The standard InChI is InChI=1S/C18H14N4O3S2/c23-16-8-6-14(10-17(16)26-18-19-11-20-21-18)22-27(24,25)15-7-5-12-3-1-2-4-13(12)9-15/h1-11,22-23H,(H,19,20,21). The molecule has 0 saturated heterocycles. The molecule has 0 unspecified atom stereocenters. The number of phenolic OH excluding ortho intramolecular Hbond substituents is 1. The van der Waals surface area contributed by atoms with Crippen LogP contribution in [0.4, 0.5) is 5.69 Å². The number of hydrogen-bond acceptors (Lipinski definition) is 6. The van der Waals surface area contributed by atoms with Crippen molar-refractivity contribution in [2.75, 3.05) is 4.72 Å². The maximum absolute atomic E-state index is 12.7. The van der Waals surface area contributed by atoms with E-state index in [1.54, 1.807) is 24.3 Å². The predicted octanol–water partition coefficient (Wildman–Crippen LogP) is 3.62. The number of phenols is 1. The third kappa shape index (κ3) is 3.74. The van der Waals surface area contributed by atoms with E-state index in [0.717, 1.165) is 22.5 Å². The van der Waals surface area contributed by atoms with Gasteiger partial charge in [-0.1, -0.05) is 30.3 Å². The van der Waals surface area contributed by atoms with Gasteiger partial charge in [-0.3, -0.25) is 9.82 Å². The van der Waals surface area contributed by atoms with Gasteiger partial charge in [0.1, 0.15) is 12.1 Å². The molecular weight excluding hydrogens is 384 g/mol. The Hall–Kier alpha value is -3.04. The molecular formula is C18H14N4O3S2. The summed E-state index contributed by atoms with van der Waals surface area (Å²) in [6, 6.07) is 17.0. The lowest BCUT2D eigenvalue weighted by molar-refractivity contribution is 0.462. The fourth-order valence-electron chi connectivity index (χ4n) is 2.56. The van der Waals surface area contributed by atoms with Gasteiger partial charge in [-0.15, -0.1) is 0 Å². The number of anilines is 1. The molecule has 7 nitrogen and oxygen atoms in total. The van der Waals surface area contributed by atoms with Crippen LogP contribution in [0.15, 0.2) is 81.9 Å². The van der Waals surface area contributed by atoms with Gasteiger partial charge in [0, 0.05) is 0 Å². The van der Waals surface area contributed by atoms with Crippen LogP contribution < -0.4 is 4.72 Å². The molecule has 0 aliphatic rings. The monoisotopic (exact) mass is 398 g/mol. The Balaban J connectivity index is 1.63. The normalized spacial score (nSPS) is 11.6. The van der Waals surface area contributed by atoms with Gasteiger partial charge in [0.05, 0.1) is 15.5 Å². The van der Waals surface area contributed by atoms with Gasteiger partial charge >= 0.3 is 0 Å². The summed E-state index contributed by atoms with van der Waals surface area (Å²) in [6.45, 7) is 0. The Morgan fingerprint density at radius 2 is 1.81 bits per heavy atom. The molecule has 0 spiro atoms. The van der Waals surface area contributed by atoms with E-state index in [4.69, 9.17) is 0 Å². The van der Waals surface area contributed by atoms with Crippen LogP contribution in [-0.4, -0.2) is 28.7 Å². The Morgan fingerprint density at radius 1 is 1.00 bits per heavy atom. The number of hydrogen-bond donors (Lipinski definition) is 3. The predicted molar refractivity (Wildman–Crippen MR) is 103 cm³/mol. The summed E-state index contributed by atoms with van der Waals surface area (Å²) >= 11 is 1.14. The highest BCUT2D eigenvalue weighted by Crippen LogP contribution is 2.35. The highest BCUT2D eigenvalue weighted by atomic mass is 32.2. The molecule has 3 N–H and O–H groups in total. The summed E-state index contributed by atoms with van der Waals surface area (Å²) in [7, 11) is -3.77. The van der Waals surface area contributed by atoms with Crippen molar-refractivity contribution in [3.05, 3.63) is 67.0 Å². The molecule has 0 saturated carbocycles. The van der Waals surface area contributed by atoms with Crippen LogP contribution in [0.1, 0.15) is 0 Å². The summed E-state index contributed by atoms with van der Waals surface area (Å²) in [4.78, 5) is 4.59. The first-order valence-electron chi connectivity index (χ1n) is 7.89. The quantitative estimate of drug-likeness (QED) is 0.443. The SMILES string of the molecule is O=S(=O)(Nc1ccc(O)c(Sc2ncn[nH]2)c1)c1ccc2ccccc2c1. The number of fused-ring (bicyclic) bond motifs is 1. The van der Waals surface area contributed by atoms with E-state index in [0.29, 0.717) is 15.7 Å². The maximum Gasteiger partial charge on any atom is 0.261 e. The molecule has 3 aromatic carbocycles. The zero-order chi connectivity index (χ0) is 18.9. The van der Waals surface area contributed by atoms with E-state index in [2.05, 4.69) is 19.9 Å². The lowest BCUT2D eigenvalue weighted by Crippen LogP contribution is -2.12. The minimum absolute atomic E-state index is 0.0186. The van der Waals surface area contributed by atoms with E-state index in [1.165, 1.54) is 18.5 Å². The molecule has 0 amide bonds. The van der Waals surface area contributed by atoms with Crippen molar-refractivity contribution in [1.82, 2.24) is 15.2 Å². The molecule has 0 fully saturated rings. The van der Waals surface area contributed by atoms with Crippen molar-refractivity contribution in [1.29, 1.82) is 0 Å². The largest absolute Gasteiger partial charge is 0.507 e. The van der Waals surface area contributed by atoms with Crippen LogP contribution in [0.2, 0.25) is 0 Å². The van der Waals surface area contributed by atoms with Gasteiger partial charge in [-0.25, -0.2) is 13.4 Å². The first-order valence-corrected chi connectivity index (χ1v) is 10.2. The minimum Gasteiger partial charge on any atom is -0.507 e. The second-order valence-electron chi connectivity index (χ2n) is 5.69. The van der Waals surface area contributed by atoms with E-state index >= 15 is 0 Å². The van der Waals surface area contributed by atoms with E-state index in [-0.39, 0.29) is 10.6 Å². The molecule has 0 atom stereocenters. The fourth-order valence-corrected chi connectivity index (χ4v) is 4.41. The number of aromatic nitrogens is 3. The summed E-state index contributed by atoms with van der Waals surface area (Å²) in [5.74, 6) is 0.0186. The molecule has 4 rings (SSSR count). The second kappa shape index (κ2) is 6.93. The number of aromatic hydroxyl groups is 1. The third-order valence-electron chi connectivity index (χ3n) is 3.84. The molecule has 27 heavy (non-hydrogen) atoms. The Labute approximate surface area is 159 Å². The zero-order valence-electron chi connectivity index (χ0n) is 13.8. The highest BCUT2D eigenvalue weighted by molar-refractivity contribution is 7.99. The average Bonchev–Trinajstić information content (AvgIpc) is 3.17. The van der Waals surface area contributed by atoms with Gasteiger partial charge in [0.25, 0.3) is 10.0 Å². The Bertz CT molecular complexity index is 1210. The van der Waals surface area contributed by atoms with E-state index in [9.17, 15) is 13.5 Å². The highest BCUT2D eigenvalue weighted by Gasteiger charge is 2.16. The number of nitrogens with one attached hydrogen (secondary N) is 2. The van der Waals surface area contributed by atoms with Crippen molar-refractivity contribution in [2.45, 2.75) is 14.9 Å². The van der Waals surface area contributed by atoms with Crippen LogP contribution in [0, 0.1) is 0 Å². The second-order valence-corrected chi connectivity index (χ2v) is 8.40. The van der Waals surface area contributed by atoms with Gasteiger partial charge in [0.15, 0.2) is 5.16 Å². The van der Waals surface area contributed by atoms with Crippen molar-refractivity contribution in [3.63, 3.8) is 0 Å². The Morgan fingerprint density at radius 3 is 2.59 bits per heavy atom. The number of H-pyrrole nitrogens is 1. The maximum atomic E-state index is 12.7. The lowest BCUT2D eigenvalue weighted by atomic mass is 10.1. The molecule has 1 heterocycles. The molecule has 0 bridgehead atoms. The van der Waals surface area contributed by atoms with Gasteiger partial charge < -0.3 is 5.11 Å². The van der Waals surface area contributed by atoms with E-state index < -0.39 is 10.0 Å². The van der Waals surface area contributed by atoms with Gasteiger partial charge in [0.2, 0.25) is 0 Å². The van der Waals surface area contributed by atoms with Crippen molar-refractivity contribution < 1.29 is 13.5 Å². The smallest absolute Gasteiger partial charge is 0.261 e. The minimum atomic E-state index is -3.77. The molecule has 0 aliphatic heterocycles. The first-order chi connectivity index (χ1) is 13.0. The number of rotatable bonds is 5.